The molecule has 1 amide bonds. The van der Waals surface area contributed by atoms with E-state index in [0.717, 1.165) is 16.6 Å². The number of esters is 1. The Kier molecular flexibility index (Phi) is 6.85. The van der Waals surface area contributed by atoms with Crippen LogP contribution in [0.25, 0.3) is 0 Å². The first-order valence-corrected chi connectivity index (χ1v) is 10.5. The molecule has 6 heteroatoms. The molecule has 0 N–H and O–H groups in total. The van der Waals surface area contributed by atoms with E-state index in [1.807, 2.05) is 24.3 Å². The van der Waals surface area contributed by atoms with E-state index in [2.05, 4.69) is 29.8 Å². The molecule has 0 saturated carbocycles. The fraction of sp³-hybridized carbons (Fsp3) is 0.348. The highest BCUT2D eigenvalue weighted by Crippen LogP contribution is 2.28. The van der Waals surface area contributed by atoms with Crippen molar-refractivity contribution in [2.75, 3.05) is 18.1 Å². The van der Waals surface area contributed by atoms with Crippen LogP contribution in [0.15, 0.2) is 53.0 Å². The molecule has 29 heavy (non-hydrogen) atoms. The maximum absolute atomic E-state index is 12.4. The van der Waals surface area contributed by atoms with Gasteiger partial charge in [-0.2, -0.15) is 0 Å². The van der Waals surface area contributed by atoms with Gasteiger partial charge < -0.3 is 9.64 Å². The molecule has 0 unspecified atom stereocenters. The van der Waals surface area contributed by atoms with Gasteiger partial charge in [-0.25, -0.2) is 0 Å². The zero-order valence-corrected chi connectivity index (χ0v) is 18.1. The number of carbonyl (C=O) groups is 3. The summed E-state index contributed by atoms with van der Waals surface area (Å²) in [5.74, 6) is -0.989. The third kappa shape index (κ3) is 5.12. The van der Waals surface area contributed by atoms with E-state index in [1.54, 1.807) is 29.2 Å². The Morgan fingerprint density at radius 3 is 2.41 bits per heavy atom. The third-order valence-electron chi connectivity index (χ3n) is 5.36. The van der Waals surface area contributed by atoms with Gasteiger partial charge in [-0.15, -0.1) is 0 Å². The molecule has 1 fully saturated rings. The first kappa shape index (κ1) is 21.2. The van der Waals surface area contributed by atoms with E-state index in [9.17, 15) is 14.4 Å². The van der Waals surface area contributed by atoms with Gasteiger partial charge in [-0.1, -0.05) is 54.0 Å². The van der Waals surface area contributed by atoms with Crippen LogP contribution in [-0.2, 0) is 14.3 Å². The molecule has 2 atom stereocenters. The number of ketones is 1. The van der Waals surface area contributed by atoms with E-state index in [-0.39, 0.29) is 31.3 Å². The maximum atomic E-state index is 12.4. The first-order chi connectivity index (χ1) is 13.9. The average Bonchev–Trinajstić information content (AvgIpc) is 3.13. The van der Waals surface area contributed by atoms with Crippen molar-refractivity contribution in [1.29, 1.82) is 0 Å². The molecule has 0 bridgehead atoms. The van der Waals surface area contributed by atoms with Gasteiger partial charge in [0.15, 0.2) is 12.4 Å². The van der Waals surface area contributed by atoms with Gasteiger partial charge in [-0.05, 0) is 42.2 Å². The molecule has 2 aromatic rings. The molecule has 5 nitrogen and oxygen atoms in total. The summed E-state index contributed by atoms with van der Waals surface area (Å²) in [6, 6.07) is 14.8. The maximum Gasteiger partial charge on any atom is 0.311 e. The minimum absolute atomic E-state index is 0.0957. The molecule has 0 spiro atoms. The van der Waals surface area contributed by atoms with E-state index >= 15 is 0 Å². The Morgan fingerprint density at radius 1 is 1.14 bits per heavy atom. The topological polar surface area (TPSA) is 63.7 Å². The minimum atomic E-state index is -0.561. The summed E-state index contributed by atoms with van der Waals surface area (Å²) >= 11 is 3.31. The van der Waals surface area contributed by atoms with E-state index in [0.29, 0.717) is 11.5 Å². The van der Waals surface area contributed by atoms with E-state index in [4.69, 9.17) is 4.74 Å². The molecule has 0 radical (unpaired) electrons. The van der Waals surface area contributed by atoms with E-state index < -0.39 is 11.9 Å². The van der Waals surface area contributed by atoms with Gasteiger partial charge in [0.2, 0.25) is 5.91 Å². The standard InChI is InChI=1S/C23H24BrNO4/c1-3-15(2)16-6-10-20(11-7-16)25-13-18(12-22(25)27)23(28)29-14-21(26)17-4-8-19(24)9-5-17/h4-11,15,18H,3,12-14H2,1-2H3/t15-,18+/m1/s1. The van der Waals surface area contributed by atoms with Crippen molar-refractivity contribution < 1.29 is 19.1 Å². The zero-order chi connectivity index (χ0) is 21.0. The minimum Gasteiger partial charge on any atom is -0.457 e. The van der Waals surface area contributed by atoms with Crippen molar-refractivity contribution in [3.8, 4) is 0 Å². The SMILES string of the molecule is CC[C@@H](C)c1ccc(N2C[C@@H](C(=O)OCC(=O)c3ccc(Br)cc3)CC2=O)cc1. The highest BCUT2D eigenvalue weighted by atomic mass is 79.9. The Bertz CT molecular complexity index is 892. The van der Waals surface area contributed by atoms with Crippen LogP contribution in [-0.4, -0.2) is 30.8 Å². The second-order valence-electron chi connectivity index (χ2n) is 7.34. The van der Waals surface area contributed by atoms with Gasteiger partial charge in [0.05, 0.1) is 5.92 Å². The summed E-state index contributed by atoms with van der Waals surface area (Å²) in [6.45, 7) is 4.25. The van der Waals surface area contributed by atoms with Gasteiger partial charge >= 0.3 is 5.97 Å². The molecule has 1 aliphatic rings. The largest absolute Gasteiger partial charge is 0.457 e. The van der Waals surface area contributed by atoms with Gasteiger partial charge in [0.1, 0.15) is 0 Å². The first-order valence-electron chi connectivity index (χ1n) is 9.74. The molecule has 152 valence electrons. The molecule has 0 aliphatic carbocycles. The molecule has 1 aliphatic heterocycles. The van der Waals surface area contributed by atoms with Crippen LogP contribution in [0, 0.1) is 5.92 Å². The summed E-state index contributed by atoms with van der Waals surface area (Å²) in [5.41, 5.74) is 2.49. The van der Waals surface area contributed by atoms with Crippen LogP contribution in [0.1, 0.15) is 48.5 Å². The van der Waals surface area contributed by atoms with Crippen molar-refractivity contribution in [2.45, 2.75) is 32.6 Å². The Balaban J connectivity index is 1.57. The number of halogens is 1. The molecular formula is C23H24BrNO4. The number of Topliss-reactive ketones (excluding diaryl/α,β-unsaturated/α-hetero) is 1. The van der Waals surface area contributed by atoms with Crippen LogP contribution in [0.3, 0.4) is 0 Å². The third-order valence-corrected chi connectivity index (χ3v) is 5.88. The number of hydrogen-bond donors (Lipinski definition) is 0. The molecule has 1 saturated heterocycles. The van der Waals surface area contributed by atoms with Crippen LogP contribution in [0.5, 0.6) is 0 Å². The summed E-state index contributed by atoms with van der Waals surface area (Å²) in [4.78, 5) is 38.6. The Morgan fingerprint density at radius 2 is 1.79 bits per heavy atom. The molecular weight excluding hydrogens is 434 g/mol. The number of rotatable bonds is 7. The monoisotopic (exact) mass is 457 g/mol. The average molecular weight is 458 g/mol. The van der Waals surface area contributed by atoms with Crippen molar-refractivity contribution >= 4 is 39.3 Å². The molecule has 0 aromatic heterocycles. The normalized spacial score (nSPS) is 17.3. The van der Waals surface area contributed by atoms with Crippen LogP contribution < -0.4 is 4.90 Å². The fourth-order valence-corrected chi connectivity index (χ4v) is 3.57. The lowest BCUT2D eigenvalue weighted by atomic mass is 9.98. The predicted octanol–water partition coefficient (Wildman–Crippen LogP) is 4.74. The number of nitrogens with zero attached hydrogens (tertiary/aromatic N) is 1. The number of carbonyl (C=O) groups excluding carboxylic acids is 3. The summed E-state index contributed by atoms with van der Waals surface area (Å²) in [5, 5.41) is 0. The van der Waals surface area contributed by atoms with Crippen molar-refractivity contribution in [3.63, 3.8) is 0 Å². The van der Waals surface area contributed by atoms with Crippen molar-refractivity contribution in [1.82, 2.24) is 0 Å². The predicted molar refractivity (Wildman–Crippen MR) is 115 cm³/mol. The van der Waals surface area contributed by atoms with Crippen molar-refractivity contribution in [2.24, 2.45) is 5.92 Å². The summed E-state index contributed by atoms with van der Waals surface area (Å²) in [6.07, 6.45) is 1.15. The molecule has 2 aromatic carbocycles. The number of hydrogen-bond acceptors (Lipinski definition) is 4. The van der Waals surface area contributed by atoms with Crippen LogP contribution >= 0.6 is 15.9 Å². The van der Waals surface area contributed by atoms with Crippen molar-refractivity contribution in [3.05, 3.63) is 64.1 Å². The Labute approximate surface area is 179 Å². The highest BCUT2D eigenvalue weighted by molar-refractivity contribution is 9.10. The highest BCUT2D eigenvalue weighted by Gasteiger charge is 2.36. The smallest absolute Gasteiger partial charge is 0.311 e. The van der Waals surface area contributed by atoms with Crippen LogP contribution in [0.4, 0.5) is 5.69 Å². The van der Waals surface area contributed by atoms with E-state index in [1.165, 1.54) is 5.56 Å². The van der Waals surface area contributed by atoms with Gasteiger partial charge in [0, 0.05) is 28.7 Å². The molecule has 3 rings (SSSR count). The number of ether oxygens (including phenoxy) is 1. The zero-order valence-electron chi connectivity index (χ0n) is 16.6. The number of amides is 1. The quantitative estimate of drug-likeness (QED) is 0.444. The number of anilines is 1. The second kappa shape index (κ2) is 9.35. The lowest BCUT2D eigenvalue weighted by Gasteiger charge is -2.18. The second-order valence-corrected chi connectivity index (χ2v) is 8.26. The molecule has 1 heterocycles. The van der Waals surface area contributed by atoms with Gasteiger partial charge in [0.25, 0.3) is 0 Å². The fourth-order valence-electron chi connectivity index (χ4n) is 3.31. The van der Waals surface area contributed by atoms with Crippen LogP contribution in [0.2, 0.25) is 0 Å². The summed E-state index contributed by atoms with van der Waals surface area (Å²) < 4.78 is 6.06. The van der Waals surface area contributed by atoms with Gasteiger partial charge in [-0.3, -0.25) is 14.4 Å². The number of benzene rings is 2. The lowest BCUT2D eigenvalue weighted by molar-refractivity contribution is -0.147. The Hall–Kier alpha value is -2.47. The lowest BCUT2D eigenvalue weighted by Crippen LogP contribution is -2.27. The summed E-state index contributed by atoms with van der Waals surface area (Å²) in [7, 11) is 0.